The number of rotatable bonds is 6. The smallest absolute Gasteiger partial charge is 0.282 e. The van der Waals surface area contributed by atoms with E-state index in [4.69, 9.17) is 9.47 Å². The normalized spacial score (nSPS) is 13.6. The van der Waals surface area contributed by atoms with Gasteiger partial charge in [-0.15, -0.1) is 0 Å². The molecule has 0 bridgehead atoms. The summed E-state index contributed by atoms with van der Waals surface area (Å²) in [7, 11) is 3.14. The number of aryl methyl sites for hydroxylation is 2. The molecule has 1 heterocycles. The van der Waals surface area contributed by atoms with Gasteiger partial charge in [0.1, 0.15) is 17.2 Å². The highest BCUT2D eigenvalue weighted by Crippen LogP contribution is 2.35. The standard InChI is InChI=1S/C26H24N2O4/c1-16-8-9-18(14-17(16)2)23-24(27-19-10-12-21(31-3)13-11-19)26(30)28(25(23)29)20-6-5-7-22(15-20)32-4/h5-15,27H,1-4H3. The number of hydrogen-bond donors (Lipinski definition) is 1. The van der Waals surface area contributed by atoms with Gasteiger partial charge in [-0.25, -0.2) is 4.90 Å². The van der Waals surface area contributed by atoms with Crippen LogP contribution in [0.3, 0.4) is 0 Å². The lowest BCUT2D eigenvalue weighted by molar-refractivity contribution is -0.120. The molecular weight excluding hydrogens is 404 g/mol. The summed E-state index contributed by atoms with van der Waals surface area (Å²) in [5.74, 6) is 0.452. The predicted octanol–water partition coefficient (Wildman–Crippen LogP) is 4.72. The highest BCUT2D eigenvalue weighted by Gasteiger charge is 2.40. The van der Waals surface area contributed by atoms with Crippen LogP contribution in [0.2, 0.25) is 0 Å². The number of hydrogen-bond acceptors (Lipinski definition) is 5. The van der Waals surface area contributed by atoms with Crippen LogP contribution in [-0.4, -0.2) is 26.0 Å². The van der Waals surface area contributed by atoms with Crippen LogP contribution in [0.4, 0.5) is 11.4 Å². The number of anilines is 2. The van der Waals surface area contributed by atoms with Crippen molar-refractivity contribution < 1.29 is 19.1 Å². The summed E-state index contributed by atoms with van der Waals surface area (Å²) in [6.07, 6.45) is 0. The fourth-order valence-corrected chi connectivity index (χ4v) is 3.61. The molecule has 3 aromatic rings. The quantitative estimate of drug-likeness (QED) is 0.576. The summed E-state index contributed by atoms with van der Waals surface area (Å²) in [5.41, 5.74) is 4.53. The fourth-order valence-electron chi connectivity index (χ4n) is 3.61. The van der Waals surface area contributed by atoms with Crippen molar-refractivity contribution in [2.24, 2.45) is 0 Å². The molecule has 162 valence electrons. The topological polar surface area (TPSA) is 67.9 Å². The molecule has 0 saturated carbocycles. The zero-order valence-corrected chi connectivity index (χ0v) is 18.4. The molecule has 3 aromatic carbocycles. The highest BCUT2D eigenvalue weighted by atomic mass is 16.5. The van der Waals surface area contributed by atoms with Gasteiger partial charge in [0, 0.05) is 11.8 Å². The molecular formula is C26H24N2O4. The van der Waals surface area contributed by atoms with Crippen molar-refractivity contribution in [2.75, 3.05) is 24.4 Å². The van der Waals surface area contributed by atoms with E-state index >= 15 is 0 Å². The first-order valence-electron chi connectivity index (χ1n) is 10.2. The van der Waals surface area contributed by atoms with Gasteiger partial charge in [-0.05, 0) is 66.9 Å². The van der Waals surface area contributed by atoms with Crippen molar-refractivity contribution in [1.29, 1.82) is 0 Å². The monoisotopic (exact) mass is 428 g/mol. The number of nitrogens with one attached hydrogen (secondary N) is 1. The number of nitrogens with zero attached hydrogens (tertiary/aromatic N) is 1. The van der Waals surface area contributed by atoms with Crippen LogP contribution in [0, 0.1) is 13.8 Å². The van der Waals surface area contributed by atoms with Crippen LogP contribution < -0.4 is 19.7 Å². The zero-order chi connectivity index (χ0) is 22.8. The maximum atomic E-state index is 13.6. The maximum Gasteiger partial charge on any atom is 0.282 e. The van der Waals surface area contributed by atoms with Gasteiger partial charge in [0.25, 0.3) is 11.8 Å². The third kappa shape index (κ3) is 3.83. The zero-order valence-electron chi connectivity index (χ0n) is 18.4. The molecule has 0 aliphatic carbocycles. The van der Waals surface area contributed by atoms with Crippen molar-refractivity contribution in [3.05, 3.63) is 89.1 Å². The molecule has 0 aromatic heterocycles. The average Bonchev–Trinajstić information content (AvgIpc) is 3.05. The molecule has 6 heteroatoms. The van der Waals surface area contributed by atoms with Gasteiger partial charge in [-0.2, -0.15) is 0 Å². The Balaban J connectivity index is 1.81. The van der Waals surface area contributed by atoms with Crippen molar-refractivity contribution in [3.8, 4) is 11.5 Å². The van der Waals surface area contributed by atoms with Crippen molar-refractivity contribution in [2.45, 2.75) is 13.8 Å². The van der Waals surface area contributed by atoms with Crippen LogP contribution in [-0.2, 0) is 9.59 Å². The molecule has 0 unspecified atom stereocenters. The van der Waals surface area contributed by atoms with Crippen LogP contribution >= 0.6 is 0 Å². The summed E-state index contributed by atoms with van der Waals surface area (Å²) in [5, 5.41) is 3.16. The van der Waals surface area contributed by atoms with Crippen LogP contribution in [0.25, 0.3) is 5.57 Å². The van der Waals surface area contributed by atoms with E-state index in [2.05, 4.69) is 5.32 Å². The Bertz CT molecular complexity index is 1230. The molecule has 32 heavy (non-hydrogen) atoms. The Labute approximate surface area is 187 Å². The number of carbonyl (C=O) groups excluding carboxylic acids is 2. The van der Waals surface area contributed by atoms with Gasteiger partial charge in [0.05, 0.1) is 25.5 Å². The second kappa shape index (κ2) is 8.59. The summed E-state index contributed by atoms with van der Waals surface area (Å²) in [6, 6.07) is 19.8. The minimum Gasteiger partial charge on any atom is -0.497 e. The molecule has 0 saturated heterocycles. The van der Waals surface area contributed by atoms with E-state index in [1.54, 1.807) is 62.8 Å². The van der Waals surface area contributed by atoms with E-state index in [-0.39, 0.29) is 11.6 Å². The molecule has 1 aliphatic heterocycles. The number of amides is 2. The SMILES string of the molecule is COc1ccc(NC2=C(c3ccc(C)c(C)c3)C(=O)N(c3cccc(OC)c3)C2=O)cc1. The van der Waals surface area contributed by atoms with E-state index in [9.17, 15) is 9.59 Å². The van der Waals surface area contributed by atoms with E-state index in [1.807, 2.05) is 32.0 Å². The van der Waals surface area contributed by atoms with E-state index in [1.165, 1.54) is 4.90 Å². The number of carbonyl (C=O) groups is 2. The van der Waals surface area contributed by atoms with Crippen molar-refractivity contribution in [1.82, 2.24) is 0 Å². The van der Waals surface area contributed by atoms with Gasteiger partial charge in [0.15, 0.2) is 0 Å². The number of methoxy groups -OCH3 is 2. The van der Waals surface area contributed by atoms with E-state index in [0.29, 0.717) is 34.0 Å². The summed E-state index contributed by atoms with van der Waals surface area (Å²) < 4.78 is 10.5. The molecule has 0 fully saturated rings. The summed E-state index contributed by atoms with van der Waals surface area (Å²) in [6.45, 7) is 3.99. The van der Waals surface area contributed by atoms with Gasteiger partial charge in [0.2, 0.25) is 0 Å². The summed E-state index contributed by atoms with van der Waals surface area (Å²) in [4.78, 5) is 28.2. The Morgan fingerprint density at radius 3 is 2.12 bits per heavy atom. The third-order valence-electron chi connectivity index (χ3n) is 5.55. The lowest BCUT2D eigenvalue weighted by Gasteiger charge is -2.16. The molecule has 1 N–H and O–H groups in total. The number of benzene rings is 3. The fraction of sp³-hybridized carbons (Fsp3) is 0.154. The lowest BCUT2D eigenvalue weighted by atomic mass is 9.99. The first-order chi connectivity index (χ1) is 15.4. The lowest BCUT2D eigenvalue weighted by Crippen LogP contribution is -2.32. The number of imide groups is 1. The molecule has 0 spiro atoms. The molecule has 1 aliphatic rings. The molecule has 2 amide bonds. The highest BCUT2D eigenvalue weighted by molar-refractivity contribution is 6.46. The van der Waals surface area contributed by atoms with E-state index < -0.39 is 5.91 Å². The second-order valence-electron chi connectivity index (χ2n) is 7.55. The molecule has 6 nitrogen and oxygen atoms in total. The largest absolute Gasteiger partial charge is 0.497 e. The Kier molecular flexibility index (Phi) is 5.69. The van der Waals surface area contributed by atoms with E-state index in [0.717, 1.165) is 11.1 Å². The average molecular weight is 428 g/mol. The van der Waals surface area contributed by atoms with Gasteiger partial charge < -0.3 is 14.8 Å². The Morgan fingerprint density at radius 1 is 0.750 bits per heavy atom. The molecule has 4 rings (SSSR count). The third-order valence-corrected chi connectivity index (χ3v) is 5.55. The molecule has 0 atom stereocenters. The van der Waals surface area contributed by atoms with Gasteiger partial charge in [-0.1, -0.05) is 24.3 Å². The first-order valence-corrected chi connectivity index (χ1v) is 10.2. The minimum atomic E-state index is -0.424. The van der Waals surface area contributed by atoms with Crippen molar-refractivity contribution in [3.63, 3.8) is 0 Å². The second-order valence-corrected chi connectivity index (χ2v) is 7.55. The van der Waals surface area contributed by atoms with Gasteiger partial charge in [-0.3, -0.25) is 9.59 Å². The maximum absolute atomic E-state index is 13.6. The van der Waals surface area contributed by atoms with Crippen LogP contribution in [0.1, 0.15) is 16.7 Å². The summed E-state index contributed by atoms with van der Waals surface area (Å²) >= 11 is 0. The van der Waals surface area contributed by atoms with Gasteiger partial charge >= 0.3 is 0 Å². The Morgan fingerprint density at radius 2 is 1.47 bits per heavy atom. The first kappa shape index (κ1) is 21.2. The minimum absolute atomic E-state index is 0.228. The molecule has 0 radical (unpaired) electrons. The number of ether oxygens (including phenoxy) is 2. The van der Waals surface area contributed by atoms with Crippen molar-refractivity contribution >= 4 is 28.8 Å². The van der Waals surface area contributed by atoms with Crippen LogP contribution in [0.15, 0.2) is 72.4 Å². The predicted molar refractivity (Wildman–Crippen MR) is 125 cm³/mol. The Hall–Kier alpha value is -4.06. The van der Waals surface area contributed by atoms with Crippen LogP contribution in [0.5, 0.6) is 11.5 Å².